The lowest BCUT2D eigenvalue weighted by atomic mass is 10.1. The number of halogens is 1. The summed E-state index contributed by atoms with van der Waals surface area (Å²) in [6, 6.07) is 3.09. The molecule has 1 N–H and O–H groups in total. The van der Waals surface area contributed by atoms with Crippen molar-refractivity contribution in [3.63, 3.8) is 0 Å². The molecule has 7 nitrogen and oxygen atoms in total. The Hall–Kier alpha value is -2.18. The number of phenols is 1. The molecule has 1 rings (SSSR count). The fraction of sp³-hybridized carbons (Fsp3) is 0.182. The first-order valence-corrected chi connectivity index (χ1v) is 5.75. The topological polar surface area (TPSA) is 105 Å². The summed E-state index contributed by atoms with van der Waals surface area (Å²) in [6.45, 7) is 0. The quantitative estimate of drug-likeness (QED) is 0.301. The van der Waals surface area contributed by atoms with Crippen molar-refractivity contribution < 1.29 is 19.4 Å². The van der Waals surface area contributed by atoms with Crippen LogP contribution in [0.1, 0.15) is 5.56 Å². The minimum absolute atomic E-state index is 0.145. The number of ether oxygens (including phenoxy) is 2. The number of hydrogen-bond donors (Lipinski definition) is 1. The van der Waals surface area contributed by atoms with Gasteiger partial charge in [0.1, 0.15) is 21.7 Å². The third-order valence-electron chi connectivity index (χ3n) is 2.17. The van der Waals surface area contributed by atoms with Gasteiger partial charge in [0.05, 0.1) is 14.2 Å². The van der Waals surface area contributed by atoms with Gasteiger partial charge in [-0.1, -0.05) is 5.11 Å². The van der Waals surface area contributed by atoms with Gasteiger partial charge in [-0.05, 0) is 39.7 Å². The molecular weight excluding hydrogens is 318 g/mol. The maximum Gasteiger partial charge on any atom is 0.340 e. The Labute approximate surface area is 117 Å². The van der Waals surface area contributed by atoms with Crippen molar-refractivity contribution in [2.75, 3.05) is 14.2 Å². The molecule has 0 fully saturated rings. The van der Waals surface area contributed by atoms with Crippen LogP contribution in [0.3, 0.4) is 0 Å². The van der Waals surface area contributed by atoms with Crippen molar-refractivity contribution in [1.29, 1.82) is 0 Å². The average Bonchev–Trinajstić information content (AvgIpc) is 2.42. The molecule has 0 aliphatic rings. The van der Waals surface area contributed by atoms with E-state index in [0.717, 1.165) is 7.11 Å². The second-order valence-electron chi connectivity index (χ2n) is 3.23. The average molecular weight is 328 g/mol. The number of aromatic hydroxyl groups is 1. The molecule has 0 atom stereocenters. The van der Waals surface area contributed by atoms with Crippen LogP contribution >= 0.6 is 15.9 Å². The van der Waals surface area contributed by atoms with Crippen molar-refractivity contribution in [2.45, 2.75) is 0 Å². The number of carbonyl (C=O) groups excluding carboxylic acids is 1. The second kappa shape index (κ2) is 6.67. The van der Waals surface area contributed by atoms with E-state index in [2.05, 4.69) is 30.7 Å². The Morgan fingerprint density at radius 3 is 2.74 bits per heavy atom. The Morgan fingerprint density at radius 1 is 1.53 bits per heavy atom. The lowest BCUT2D eigenvalue weighted by Crippen LogP contribution is -2.02. The first-order valence-electron chi connectivity index (χ1n) is 4.95. The van der Waals surface area contributed by atoms with E-state index in [-0.39, 0.29) is 17.0 Å². The molecule has 0 bridgehead atoms. The molecule has 8 heteroatoms. The molecule has 0 saturated heterocycles. The third-order valence-corrected chi connectivity index (χ3v) is 2.94. The smallest absolute Gasteiger partial charge is 0.340 e. The fourth-order valence-electron chi connectivity index (χ4n) is 1.26. The Morgan fingerprint density at radius 2 is 2.21 bits per heavy atom. The highest BCUT2D eigenvalue weighted by Crippen LogP contribution is 2.37. The molecule has 19 heavy (non-hydrogen) atoms. The zero-order valence-electron chi connectivity index (χ0n) is 10.1. The van der Waals surface area contributed by atoms with Crippen LogP contribution in [0, 0.1) is 0 Å². The van der Waals surface area contributed by atoms with E-state index < -0.39 is 5.97 Å². The summed E-state index contributed by atoms with van der Waals surface area (Å²) >= 11 is 3.15. The molecule has 0 heterocycles. The predicted octanol–water partition coefficient (Wildman–Crippen LogP) is 2.99. The van der Waals surface area contributed by atoms with Crippen molar-refractivity contribution in [2.24, 2.45) is 5.11 Å². The third kappa shape index (κ3) is 3.40. The van der Waals surface area contributed by atoms with Crippen molar-refractivity contribution >= 4 is 28.0 Å². The van der Waals surface area contributed by atoms with E-state index in [4.69, 9.17) is 10.3 Å². The normalized spacial score (nSPS) is 10.6. The summed E-state index contributed by atoms with van der Waals surface area (Å²) in [5.41, 5.74) is 8.40. The molecule has 1 aromatic carbocycles. The summed E-state index contributed by atoms with van der Waals surface area (Å²) in [4.78, 5) is 13.9. The van der Waals surface area contributed by atoms with E-state index in [1.807, 2.05) is 0 Å². The largest absolute Gasteiger partial charge is 0.506 e. The van der Waals surface area contributed by atoms with Gasteiger partial charge in [0, 0.05) is 10.5 Å². The van der Waals surface area contributed by atoms with Crippen molar-refractivity contribution in [3.05, 3.63) is 38.3 Å². The molecule has 0 aliphatic heterocycles. The molecule has 0 unspecified atom stereocenters. The second-order valence-corrected chi connectivity index (χ2v) is 4.02. The summed E-state index contributed by atoms with van der Waals surface area (Å²) in [5, 5.41) is 13.1. The number of methoxy groups -OCH3 is 2. The summed E-state index contributed by atoms with van der Waals surface area (Å²) in [6.07, 6.45) is 1.21. The van der Waals surface area contributed by atoms with Gasteiger partial charge in [-0.25, -0.2) is 4.79 Å². The van der Waals surface area contributed by atoms with E-state index in [9.17, 15) is 9.90 Å². The predicted molar refractivity (Wildman–Crippen MR) is 71.5 cm³/mol. The fourth-order valence-corrected chi connectivity index (χ4v) is 1.79. The molecule has 0 aromatic heterocycles. The molecular formula is C11H10BrN3O4. The number of rotatable bonds is 4. The molecule has 0 amide bonds. The number of nitrogens with zero attached hydrogens (tertiary/aromatic N) is 3. The number of benzene rings is 1. The highest BCUT2D eigenvalue weighted by molar-refractivity contribution is 9.10. The van der Waals surface area contributed by atoms with Crippen LogP contribution < -0.4 is 4.74 Å². The number of carbonyl (C=O) groups is 1. The summed E-state index contributed by atoms with van der Waals surface area (Å²) in [7, 11) is 2.61. The Balaban J connectivity index is 3.33. The van der Waals surface area contributed by atoms with Crippen LogP contribution in [0.5, 0.6) is 11.5 Å². The maximum absolute atomic E-state index is 11.4. The molecule has 0 radical (unpaired) electrons. The van der Waals surface area contributed by atoms with Gasteiger partial charge in [-0.2, -0.15) is 0 Å². The lowest BCUT2D eigenvalue weighted by molar-refractivity contribution is -0.136. The molecule has 0 spiro atoms. The van der Waals surface area contributed by atoms with Crippen LogP contribution in [0.2, 0.25) is 0 Å². The van der Waals surface area contributed by atoms with Gasteiger partial charge in [0.25, 0.3) is 0 Å². The van der Waals surface area contributed by atoms with Crippen LogP contribution in [0.15, 0.2) is 27.4 Å². The summed E-state index contributed by atoms with van der Waals surface area (Å²) in [5.74, 6) is -0.518. The van der Waals surface area contributed by atoms with Gasteiger partial charge >= 0.3 is 5.97 Å². The number of esters is 1. The first kappa shape index (κ1) is 14.9. The van der Waals surface area contributed by atoms with Crippen molar-refractivity contribution in [3.8, 4) is 11.5 Å². The Bertz CT molecular complexity index is 580. The zero-order valence-corrected chi connectivity index (χ0v) is 11.7. The highest BCUT2D eigenvalue weighted by Gasteiger charge is 2.13. The number of hydrogen-bond acceptors (Lipinski definition) is 5. The minimum Gasteiger partial charge on any atom is -0.506 e. The maximum atomic E-state index is 11.4. The van der Waals surface area contributed by atoms with E-state index in [1.165, 1.54) is 19.3 Å². The molecule has 0 saturated carbocycles. The van der Waals surface area contributed by atoms with E-state index in [1.54, 1.807) is 6.07 Å². The number of phenolic OH excluding ortho intramolecular Hbond substituents is 1. The zero-order chi connectivity index (χ0) is 14.4. The van der Waals surface area contributed by atoms with Gasteiger partial charge < -0.3 is 14.6 Å². The first-order chi connectivity index (χ1) is 9.04. The van der Waals surface area contributed by atoms with Gasteiger partial charge in [0.15, 0.2) is 0 Å². The molecule has 0 aliphatic carbocycles. The molecule has 100 valence electrons. The van der Waals surface area contributed by atoms with Gasteiger partial charge in [-0.15, -0.1) is 0 Å². The highest BCUT2D eigenvalue weighted by atomic mass is 79.9. The number of azide groups is 1. The Kier molecular flexibility index (Phi) is 5.23. The van der Waals surface area contributed by atoms with E-state index in [0.29, 0.717) is 10.2 Å². The van der Waals surface area contributed by atoms with Crippen LogP contribution in [-0.4, -0.2) is 25.3 Å². The van der Waals surface area contributed by atoms with Crippen LogP contribution in [0.25, 0.3) is 16.5 Å². The monoisotopic (exact) mass is 327 g/mol. The lowest BCUT2D eigenvalue weighted by Gasteiger charge is -2.08. The van der Waals surface area contributed by atoms with Crippen molar-refractivity contribution in [1.82, 2.24) is 0 Å². The van der Waals surface area contributed by atoms with Gasteiger partial charge in [0.2, 0.25) is 0 Å². The minimum atomic E-state index is -0.802. The van der Waals surface area contributed by atoms with Crippen LogP contribution in [-0.2, 0) is 9.53 Å². The molecule has 1 aromatic rings. The summed E-state index contributed by atoms with van der Waals surface area (Å²) < 4.78 is 9.79. The van der Waals surface area contributed by atoms with Gasteiger partial charge in [-0.3, -0.25) is 0 Å². The van der Waals surface area contributed by atoms with E-state index >= 15 is 0 Å². The van der Waals surface area contributed by atoms with Crippen LogP contribution in [0.4, 0.5) is 0 Å². The SMILES string of the molecule is COC(=O)C(=Cc1ccc(OC)c(Br)c1O)N=[N+]=[N-]. The standard InChI is InChI=1S/C11H10BrN3O4/c1-18-8-4-3-6(10(16)9(8)12)5-7(14-15-13)11(17)19-2/h3-5,16H,1-2H3.